The smallest absolute Gasteiger partial charge is 0.335 e. The quantitative estimate of drug-likeness (QED) is 0.911. The van der Waals surface area contributed by atoms with Crippen molar-refractivity contribution in [3.63, 3.8) is 0 Å². The number of benzene rings is 2. The maximum absolute atomic E-state index is 12.1. The van der Waals surface area contributed by atoms with Gasteiger partial charge < -0.3 is 10.4 Å². The Morgan fingerprint density at radius 1 is 1.14 bits per heavy atom. The van der Waals surface area contributed by atoms with Crippen LogP contribution in [-0.4, -0.2) is 17.0 Å². The van der Waals surface area contributed by atoms with Crippen LogP contribution >= 0.6 is 11.6 Å². The lowest BCUT2D eigenvalue weighted by Gasteiger charge is -2.08. The molecule has 2 N–H and O–H groups in total. The molecular weight excluding hydrogens is 290 g/mol. The van der Waals surface area contributed by atoms with E-state index in [-0.39, 0.29) is 11.5 Å². The first-order chi connectivity index (χ1) is 9.97. The number of aromatic carboxylic acids is 1. The van der Waals surface area contributed by atoms with E-state index in [0.29, 0.717) is 17.1 Å². The summed E-state index contributed by atoms with van der Waals surface area (Å²) in [5.74, 6) is -1.18. The fourth-order valence-electron chi connectivity index (χ4n) is 1.88. The van der Waals surface area contributed by atoms with E-state index in [1.165, 1.54) is 12.1 Å². The zero-order valence-corrected chi connectivity index (χ0v) is 12.1. The molecule has 0 aromatic heterocycles. The minimum atomic E-state index is -0.972. The van der Waals surface area contributed by atoms with Crippen molar-refractivity contribution in [1.82, 2.24) is 5.32 Å². The summed E-state index contributed by atoms with van der Waals surface area (Å²) in [6.07, 6.45) is 0. The zero-order valence-electron chi connectivity index (χ0n) is 11.4. The second-order valence-corrected chi connectivity index (χ2v) is 5.08. The number of halogens is 1. The largest absolute Gasteiger partial charge is 0.478 e. The van der Waals surface area contributed by atoms with Gasteiger partial charge in [0.2, 0.25) is 0 Å². The third kappa shape index (κ3) is 3.83. The zero-order chi connectivity index (χ0) is 15.4. The van der Waals surface area contributed by atoms with E-state index in [9.17, 15) is 9.59 Å². The average Bonchev–Trinajstić information content (AvgIpc) is 2.47. The second-order valence-electron chi connectivity index (χ2n) is 4.64. The number of nitrogens with one attached hydrogen (secondary N) is 1. The first-order valence-electron chi connectivity index (χ1n) is 6.34. The van der Waals surface area contributed by atoms with E-state index in [4.69, 9.17) is 16.7 Å². The molecule has 2 aromatic rings. The Bertz CT molecular complexity index is 680. The molecule has 0 bridgehead atoms. The summed E-state index contributed by atoms with van der Waals surface area (Å²) in [7, 11) is 0. The Morgan fingerprint density at radius 3 is 2.43 bits per heavy atom. The lowest BCUT2D eigenvalue weighted by Crippen LogP contribution is -2.23. The lowest BCUT2D eigenvalue weighted by molar-refractivity contribution is 0.0696. The number of aryl methyl sites for hydroxylation is 1. The van der Waals surface area contributed by atoms with E-state index in [0.717, 1.165) is 11.1 Å². The molecule has 0 aliphatic rings. The predicted octanol–water partition coefficient (Wildman–Crippen LogP) is 3.28. The number of carbonyl (C=O) groups excluding carboxylic acids is 1. The van der Waals surface area contributed by atoms with Crippen LogP contribution in [-0.2, 0) is 6.54 Å². The normalized spacial score (nSPS) is 10.2. The number of carboxylic acids is 1. The summed E-state index contributed by atoms with van der Waals surface area (Å²) in [5.41, 5.74) is 2.42. The van der Waals surface area contributed by atoms with Gasteiger partial charge >= 0.3 is 5.97 Å². The Kier molecular flexibility index (Phi) is 4.60. The second kappa shape index (κ2) is 6.41. The Balaban J connectivity index is 2.04. The SMILES string of the molecule is Cc1ccc(Cl)cc1C(=O)NCc1ccc(C(=O)O)cc1. The number of hydrogen-bond donors (Lipinski definition) is 2. The van der Waals surface area contributed by atoms with Crippen molar-refractivity contribution in [3.05, 3.63) is 69.7 Å². The van der Waals surface area contributed by atoms with Crippen LogP contribution in [0, 0.1) is 6.92 Å². The summed E-state index contributed by atoms with van der Waals surface area (Å²) in [6.45, 7) is 2.16. The monoisotopic (exact) mass is 303 g/mol. The summed E-state index contributed by atoms with van der Waals surface area (Å²) in [4.78, 5) is 22.9. The fraction of sp³-hybridized carbons (Fsp3) is 0.125. The van der Waals surface area contributed by atoms with Crippen molar-refractivity contribution < 1.29 is 14.7 Å². The molecule has 0 aliphatic heterocycles. The molecule has 0 spiro atoms. The first kappa shape index (κ1) is 15.1. The molecule has 4 nitrogen and oxygen atoms in total. The molecular formula is C16H14ClNO3. The van der Waals surface area contributed by atoms with Crippen LogP contribution in [0.5, 0.6) is 0 Å². The van der Waals surface area contributed by atoms with Crippen LogP contribution in [0.1, 0.15) is 31.8 Å². The molecule has 0 heterocycles. The van der Waals surface area contributed by atoms with E-state index in [1.807, 2.05) is 6.92 Å². The van der Waals surface area contributed by atoms with E-state index in [2.05, 4.69) is 5.32 Å². The Hall–Kier alpha value is -2.33. The van der Waals surface area contributed by atoms with Gasteiger partial charge in [0.05, 0.1) is 5.56 Å². The minimum Gasteiger partial charge on any atom is -0.478 e. The molecule has 0 saturated heterocycles. The molecule has 2 aromatic carbocycles. The topological polar surface area (TPSA) is 66.4 Å². The molecule has 0 unspecified atom stereocenters. The van der Waals surface area contributed by atoms with Gasteiger partial charge in [-0.2, -0.15) is 0 Å². The van der Waals surface area contributed by atoms with Crippen molar-refractivity contribution in [2.45, 2.75) is 13.5 Å². The van der Waals surface area contributed by atoms with Gasteiger partial charge in [-0.05, 0) is 42.3 Å². The molecule has 21 heavy (non-hydrogen) atoms. The van der Waals surface area contributed by atoms with Gasteiger partial charge in [0.15, 0.2) is 0 Å². The van der Waals surface area contributed by atoms with Crippen molar-refractivity contribution in [3.8, 4) is 0 Å². The molecule has 5 heteroatoms. The molecule has 0 radical (unpaired) electrons. The third-order valence-electron chi connectivity index (χ3n) is 3.10. The van der Waals surface area contributed by atoms with Gasteiger partial charge in [-0.1, -0.05) is 29.8 Å². The van der Waals surface area contributed by atoms with Crippen molar-refractivity contribution in [1.29, 1.82) is 0 Å². The van der Waals surface area contributed by atoms with Gasteiger partial charge in [0.1, 0.15) is 0 Å². The maximum atomic E-state index is 12.1. The van der Waals surface area contributed by atoms with Crippen LogP contribution in [0.25, 0.3) is 0 Å². The highest BCUT2D eigenvalue weighted by atomic mass is 35.5. The van der Waals surface area contributed by atoms with Crippen molar-refractivity contribution in [2.75, 3.05) is 0 Å². The Labute approximate surface area is 127 Å². The molecule has 1 amide bonds. The average molecular weight is 304 g/mol. The van der Waals surface area contributed by atoms with Crippen molar-refractivity contribution in [2.24, 2.45) is 0 Å². The first-order valence-corrected chi connectivity index (χ1v) is 6.72. The summed E-state index contributed by atoms with van der Waals surface area (Å²) < 4.78 is 0. The number of rotatable bonds is 4. The predicted molar refractivity (Wildman–Crippen MR) is 80.8 cm³/mol. The van der Waals surface area contributed by atoms with E-state index >= 15 is 0 Å². The fourth-order valence-corrected chi connectivity index (χ4v) is 2.05. The lowest BCUT2D eigenvalue weighted by atomic mass is 10.1. The number of carbonyl (C=O) groups is 2. The van der Waals surface area contributed by atoms with Crippen LogP contribution in [0.2, 0.25) is 5.02 Å². The van der Waals surface area contributed by atoms with Crippen LogP contribution < -0.4 is 5.32 Å². The highest BCUT2D eigenvalue weighted by molar-refractivity contribution is 6.31. The molecule has 108 valence electrons. The van der Waals surface area contributed by atoms with Crippen LogP contribution in [0.15, 0.2) is 42.5 Å². The minimum absolute atomic E-state index is 0.211. The summed E-state index contributed by atoms with van der Waals surface area (Å²) >= 11 is 5.89. The molecule has 2 rings (SSSR count). The van der Waals surface area contributed by atoms with E-state index < -0.39 is 5.97 Å². The van der Waals surface area contributed by atoms with Gasteiger partial charge in [-0.3, -0.25) is 4.79 Å². The highest BCUT2D eigenvalue weighted by Crippen LogP contribution is 2.15. The van der Waals surface area contributed by atoms with E-state index in [1.54, 1.807) is 30.3 Å². The van der Waals surface area contributed by atoms with Gasteiger partial charge in [0, 0.05) is 17.1 Å². The van der Waals surface area contributed by atoms with Gasteiger partial charge in [-0.15, -0.1) is 0 Å². The Morgan fingerprint density at radius 2 is 1.81 bits per heavy atom. The number of hydrogen-bond acceptors (Lipinski definition) is 2. The third-order valence-corrected chi connectivity index (χ3v) is 3.33. The summed E-state index contributed by atoms with van der Waals surface area (Å²) in [5, 5.41) is 12.1. The molecule has 0 atom stereocenters. The number of carboxylic acid groups (broad SMARTS) is 1. The van der Waals surface area contributed by atoms with Gasteiger partial charge in [0.25, 0.3) is 5.91 Å². The van der Waals surface area contributed by atoms with Crippen LogP contribution in [0.4, 0.5) is 0 Å². The molecule has 0 fully saturated rings. The number of amides is 1. The molecule has 0 aliphatic carbocycles. The van der Waals surface area contributed by atoms with Gasteiger partial charge in [-0.25, -0.2) is 4.79 Å². The maximum Gasteiger partial charge on any atom is 0.335 e. The molecule has 0 saturated carbocycles. The van der Waals surface area contributed by atoms with Crippen LogP contribution in [0.3, 0.4) is 0 Å². The summed E-state index contributed by atoms with van der Waals surface area (Å²) in [6, 6.07) is 11.5. The van der Waals surface area contributed by atoms with Crippen molar-refractivity contribution >= 4 is 23.5 Å². The highest BCUT2D eigenvalue weighted by Gasteiger charge is 2.09. The standard InChI is InChI=1S/C16H14ClNO3/c1-10-2-7-13(17)8-14(10)15(19)18-9-11-3-5-12(6-4-11)16(20)21/h2-8H,9H2,1H3,(H,18,19)(H,20,21).